The minimum atomic E-state index is -2.66. The molecule has 210 valence electrons. The summed E-state index contributed by atoms with van der Waals surface area (Å²) in [6.07, 6.45) is 9.10. The third-order valence-corrected chi connectivity index (χ3v) is 10.2. The summed E-state index contributed by atoms with van der Waals surface area (Å²) in [7, 11) is 1.45. The van der Waals surface area contributed by atoms with E-state index in [1.807, 2.05) is 20.8 Å². The number of fused-ring (bicyclic) bond motifs is 1. The minimum absolute atomic E-state index is 0.110. The van der Waals surface area contributed by atoms with Crippen molar-refractivity contribution in [3.8, 4) is 0 Å². The van der Waals surface area contributed by atoms with E-state index in [1.165, 1.54) is 24.1 Å². The average molecular weight is 537 g/mol. The van der Waals surface area contributed by atoms with Crippen molar-refractivity contribution < 1.29 is 18.1 Å². The van der Waals surface area contributed by atoms with Crippen LogP contribution in [0.15, 0.2) is 0 Å². The van der Waals surface area contributed by atoms with Crippen molar-refractivity contribution in [2.24, 2.45) is 0 Å². The minimum Gasteiger partial charge on any atom is -0.374 e. The van der Waals surface area contributed by atoms with Crippen molar-refractivity contribution >= 4 is 26.6 Å². The van der Waals surface area contributed by atoms with Crippen LogP contribution in [0.5, 0.6) is 0 Å². The Hall–Kier alpha value is -1.95. The number of nitrogens with one attached hydrogen (secondary N) is 3. The van der Waals surface area contributed by atoms with Gasteiger partial charge < -0.3 is 34.1 Å². The van der Waals surface area contributed by atoms with Crippen molar-refractivity contribution in [1.82, 2.24) is 20.6 Å². The number of carbonyl (C=O) groups excluding carboxylic acids is 1. The van der Waals surface area contributed by atoms with Gasteiger partial charge in [-0.3, -0.25) is 0 Å². The highest BCUT2D eigenvalue weighted by atomic mass is 28.4. The first-order chi connectivity index (χ1) is 17.9. The Balaban J connectivity index is 1.40. The van der Waals surface area contributed by atoms with Gasteiger partial charge in [-0.2, -0.15) is 4.98 Å². The highest BCUT2D eigenvalue weighted by Gasteiger charge is 2.39. The lowest BCUT2D eigenvalue weighted by Crippen LogP contribution is -2.47. The van der Waals surface area contributed by atoms with Gasteiger partial charge in [0.1, 0.15) is 5.82 Å². The first kappa shape index (κ1) is 29.6. The summed E-state index contributed by atoms with van der Waals surface area (Å²) in [5.41, 5.74) is 2.51. The van der Waals surface area contributed by atoms with Gasteiger partial charge >= 0.3 is 14.8 Å². The van der Waals surface area contributed by atoms with Crippen LogP contribution >= 0.6 is 0 Å². The molecular formula is C26H48N6O4Si. The molecule has 0 aromatic carbocycles. The lowest BCUT2D eigenvalue weighted by Gasteiger charge is -2.30. The molecule has 2 aliphatic carbocycles. The molecule has 0 aliphatic heterocycles. The van der Waals surface area contributed by atoms with Crippen LogP contribution in [0, 0.1) is 0 Å². The van der Waals surface area contributed by atoms with Gasteiger partial charge in [-0.05, 0) is 78.6 Å². The summed E-state index contributed by atoms with van der Waals surface area (Å²) in [5, 5.41) is 9.71. The van der Waals surface area contributed by atoms with E-state index in [1.54, 1.807) is 0 Å². The third kappa shape index (κ3) is 8.80. The molecule has 1 aromatic heterocycles. The van der Waals surface area contributed by atoms with Gasteiger partial charge in [-0.1, -0.05) is 0 Å². The maximum absolute atomic E-state index is 12.5. The zero-order chi connectivity index (χ0) is 26.7. The van der Waals surface area contributed by atoms with Gasteiger partial charge in [0.2, 0.25) is 5.95 Å². The number of rotatable bonds is 14. The summed E-state index contributed by atoms with van der Waals surface area (Å²) in [5.74, 6) is 1.78. The van der Waals surface area contributed by atoms with Crippen LogP contribution in [0.2, 0.25) is 6.04 Å². The molecule has 3 rings (SSSR count). The largest absolute Gasteiger partial charge is 0.500 e. The van der Waals surface area contributed by atoms with E-state index in [-0.39, 0.29) is 12.1 Å². The fourth-order valence-electron chi connectivity index (χ4n) is 5.32. The van der Waals surface area contributed by atoms with Gasteiger partial charge in [-0.25, -0.2) is 9.78 Å². The quantitative estimate of drug-likeness (QED) is 0.243. The lowest BCUT2D eigenvalue weighted by molar-refractivity contribution is 0.0708. The topological polar surface area (TPSA) is 110 Å². The van der Waals surface area contributed by atoms with Crippen molar-refractivity contribution in [2.45, 2.75) is 96.7 Å². The molecule has 2 aliphatic rings. The van der Waals surface area contributed by atoms with Crippen LogP contribution < -0.4 is 20.9 Å². The zero-order valence-corrected chi connectivity index (χ0v) is 24.5. The van der Waals surface area contributed by atoms with Gasteiger partial charge in [0.15, 0.2) is 0 Å². The standard InChI is InChI=1S/C26H48N6O4Si/c1-6-34-37(35-7-2,36-8-3)19-11-18-27-26(33)29-21-16-14-20(15-17-21)28-25-30-23-13-10-9-12-22(23)24(31-25)32(4)5/h20-21H,6-19H2,1-5H3,(H2,27,29,33)(H,28,30,31). The van der Waals surface area contributed by atoms with E-state index >= 15 is 0 Å². The number of aromatic nitrogens is 2. The Morgan fingerprint density at radius 3 is 2.19 bits per heavy atom. The first-order valence-corrected chi connectivity index (χ1v) is 16.1. The van der Waals surface area contributed by atoms with E-state index < -0.39 is 8.80 Å². The zero-order valence-electron chi connectivity index (χ0n) is 23.5. The Labute approximate surface area is 224 Å². The van der Waals surface area contributed by atoms with E-state index in [2.05, 4.69) is 34.9 Å². The number of hydrogen-bond acceptors (Lipinski definition) is 8. The third-order valence-electron chi connectivity index (χ3n) is 7.02. The second kappa shape index (κ2) is 14.8. The summed E-state index contributed by atoms with van der Waals surface area (Å²) >= 11 is 0. The van der Waals surface area contributed by atoms with Crippen LogP contribution in [0.4, 0.5) is 16.6 Å². The van der Waals surface area contributed by atoms with E-state index in [0.29, 0.717) is 38.5 Å². The smallest absolute Gasteiger partial charge is 0.374 e. The molecule has 11 heteroatoms. The van der Waals surface area contributed by atoms with Gasteiger partial charge in [0, 0.05) is 64.2 Å². The number of hydrogen-bond donors (Lipinski definition) is 3. The molecule has 0 bridgehead atoms. The number of urea groups is 1. The molecular weight excluding hydrogens is 488 g/mol. The van der Waals surface area contributed by atoms with E-state index in [4.69, 9.17) is 23.2 Å². The molecule has 1 aromatic rings. The van der Waals surface area contributed by atoms with Crippen molar-refractivity contribution in [1.29, 1.82) is 0 Å². The summed E-state index contributed by atoms with van der Waals surface area (Å²) in [6, 6.07) is 1.09. The molecule has 1 fully saturated rings. The second-order valence-corrected chi connectivity index (χ2v) is 12.8. The van der Waals surface area contributed by atoms with Crippen LogP contribution in [-0.2, 0) is 26.1 Å². The maximum atomic E-state index is 12.5. The molecule has 37 heavy (non-hydrogen) atoms. The maximum Gasteiger partial charge on any atom is 0.500 e. The predicted octanol–water partition coefficient (Wildman–Crippen LogP) is 3.88. The number of aryl methyl sites for hydroxylation is 1. The Bertz CT molecular complexity index is 834. The highest BCUT2D eigenvalue weighted by molar-refractivity contribution is 6.60. The SMILES string of the molecule is CCO[Si](CCCNC(=O)NC1CCC(Nc2nc3c(c(N(C)C)n2)CCCC3)CC1)(OCC)OCC. The number of anilines is 2. The molecule has 1 saturated carbocycles. The Morgan fingerprint density at radius 1 is 0.946 bits per heavy atom. The fraction of sp³-hybridized carbons (Fsp3) is 0.808. The van der Waals surface area contributed by atoms with E-state index in [0.717, 1.165) is 56.7 Å². The Morgan fingerprint density at radius 2 is 1.57 bits per heavy atom. The predicted molar refractivity (Wildman–Crippen MR) is 149 cm³/mol. The van der Waals surface area contributed by atoms with Crippen LogP contribution in [-0.4, -0.2) is 77.3 Å². The lowest BCUT2D eigenvalue weighted by atomic mass is 9.91. The van der Waals surface area contributed by atoms with Gasteiger partial charge in [0.05, 0.1) is 5.69 Å². The van der Waals surface area contributed by atoms with Gasteiger partial charge in [0.25, 0.3) is 0 Å². The van der Waals surface area contributed by atoms with Crippen molar-refractivity contribution in [2.75, 3.05) is 50.7 Å². The van der Waals surface area contributed by atoms with Crippen molar-refractivity contribution in [3.63, 3.8) is 0 Å². The average Bonchev–Trinajstić information content (AvgIpc) is 2.88. The Kier molecular flexibility index (Phi) is 11.9. The van der Waals surface area contributed by atoms with Crippen LogP contribution in [0.3, 0.4) is 0 Å². The second-order valence-electron chi connectivity index (χ2n) is 10.1. The number of amides is 2. The van der Waals surface area contributed by atoms with Gasteiger partial charge in [-0.15, -0.1) is 0 Å². The molecule has 0 spiro atoms. The fourth-order valence-corrected chi connectivity index (χ4v) is 7.93. The molecule has 1 heterocycles. The van der Waals surface area contributed by atoms with Crippen molar-refractivity contribution in [3.05, 3.63) is 11.3 Å². The van der Waals surface area contributed by atoms with E-state index in [9.17, 15) is 4.79 Å². The normalized spacial score (nSPS) is 19.7. The summed E-state index contributed by atoms with van der Waals surface area (Å²) in [4.78, 5) is 24.3. The summed E-state index contributed by atoms with van der Waals surface area (Å²) in [6.45, 7) is 8.12. The highest BCUT2D eigenvalue weighted by Crippen LogP contribution is 2.29. The first-order valence-electron chi connectivity index (χ1n) is 14.2. The molecule has 3 N–H and O–H groups in total. The molecule has 0 radical (unpaired) electrons. The number of nitrogens with zero attached hydrogens (tertiary/aromatic N) is 3. The summed E-state index contributed by atoms with van der Waals surface area (Å²) < 4.78 is 17.7. The van der Waals surface area contributed by atoms with Crippen LogP contribution in [0.25, 0.3) is 0 Å². The molecule has 0 saturated heterocycles. The van der Waals surface area contributed by atoms with Crippen LogP contribution in [0.1, 0.15) is 77.0 Å². The molecule has 0 unspecified atom stereocenters. The number of carbonyl (C=O) groups is 1. The monoisotopic (exact) mass is 536 g/mol. The molecule has 2 amide bonds. The molecule has 0 atom stereocenters. The molecule has 10 nitrogen and oxygen atoms in total.